The van der Waals surface area contributed by atoms with E-state index in [2.05, 4.69) is 15.6 Å². The quantitative estimate of drug-likeness (QED) is 0.467. The van der Waals surface area contributed by atoms with Crippen molar-refractivity contribution in [3.8, 4) is 11.5 Å². The maximum Gasteiger partial charge on any atom is 0.243 e. The molecule has 0 aliphatic heterocycles. The van der Waals surface area contributed by atoms with Crippen LogP contribution in [0.25, 0.3) is 0 Å². The summed E-state index contributed by atoms with van der Waals surface area (Å²) in [6, 6.07) is 7.37. The van der Waals surface area contributed by atoms with Crippen LogP contribution in [-0.2, 0) is 20.8 Å². The van der Waals surface area contributed by atoms with Gasteiger partial charge in [-0.05, 0) is 43.2 Å². The fraction of sp³-hybridized carbons (Fsp3) is 0.375. The zero-order valence-electron chi connectivity index (χ0n) is 19.2. The first kappa shape index (κ1) is 25.5. The fourth-order valence-corrected chi connectivity index (χ4v) is 3.01. The molecule has 2 N–H and O–H groups in total. The molecule has 0 unspecified atom stereocenters. The largest absolute Gasteiger partial charge is 0.496 e. The van der Waals surface area contributed by atoms with Crippen molar-refractivity contribution in [1.82, 2.24) is 15.6 Å². The molecule has 0 saturated carbocycles. The van der Waals surface area contributed by atoms with Crippen LogP contribution in [0, 0.1) is 5.92 Å². The van der Waals surface area contributed by atoms with E-state index in [-0.39, 0.29) is 37.1 Å². The first-order valence-electron chi connectivity index (χ1n) is 10.5. The summed E-state index contributed by atoms with van der Waals surface area (Å²) in [5.74, 6) is -0.635. The predicted octanol–water partition coefficient (Wildman–Crippen LogP) is 1.74. The van der Waals surface area contributed by atoms with Gasteiger partial charge in [0.1, 0.15) is 24.1 Å². The highest BCUT2D eigenvalue weighted by Crippen LogP contribution is 2.21. The summed E-state index contributed by atoms with van der Waals surface area (Å²) in [6.45, 7) is 4.57. The SMILES string of the molecule is COc1ccc(C(C)=O)cc1CC(=O)N[C@H](C(=O)NCC(=O)COc1cccnc1)C(C)C. The molecule has 0 bridgehead atoms. The van der Waals surface area contributed by atoms with Gasteiger partial charge in [0.15, 0.2) is 11.6 Å². The van der Waals surface area contributed by atoms with E-state index >= 15 is 0 Å². The Kier molecular flexibility index (Phi) is 9.53. The van der Waals surface area contributed by atoms with E-state index in [0.717, 1.165) is 0 Å². The molecule has 0 aliphatic carbocycles. The molecule has 1 aromatic carbocycles. The minimum atomic E-state index is -0.841. The highest BCUT2D eigenvalue weighted by molar-refractivity contribution is 5.95. The number of hydrogen-bond donors (Lipinski definition) is 2. The molecule has 0 saturated heterocycles. The van der Waals surface area contributed by atoms with Crippen molar-refractivity contribution in [1.29, 1.82) is 0 Å². The lowest BCUT2D eigenvalue weighted by Gasteiger charge is -2.22. The third-order valence-electron chi connectivity index (χ3n) is 4.80. The van der Waals surface area contributed by atoms with Gasteiger partial charge in [0.25, 0.3) is 0 Å². The molecule has 2 amide bonds. The molecule has 0 radical (unpaired) electrons. The number of rotatable bonds is 12. The lowest BCUT2D eigenvalue weighted by molar-refractivity contribution is -0.131. The van der Waals surface area contributed by atoms with Gasteiger partial charge in [-0.15, -0.1) is 0 Å². The molecule has 176 valence electrons. The fourth-order valence-electron chi connectivity index (χ4n) is 3.01. The van der Waals surface area contributed by atoms with Crippen molar-refractivity contribution in [2.24, 2.45) is 5.92 Å². The molecule has 2 rings (SSSR count). The Labute approximate surface area is 192 Å². The Morgan fingerprint density at radius 3 is 2.48 bits per heavy atom. The predicted molar refractivity (Wildman–Crippen MR) is 121 cm³/mol. The van der Waals surface area contributed by atoms with Gasteiger partial charge in [-0.2, -0.15) is 0 Å². The average molecular weight is 456 g/mol. The van der Waals surface area contributed by atoms with Crippen molar-refractivity contribution in [2.75, 3.05) is 20.3 Å². The molecular formula is C24H29N3O6. The van der Waals surface area contributed by atoms with Crippen LogP contribution >= 0.6 is 0 Å². The first-order chi connectivity index (χ1) is 15.7. The monoisotopic (exact) mass is 455 g/mol. The van der Waals surface area contributed by atoms with E-state index in [1.807, 2.05) is 0 Å². The number of benzene rings is 1. The third kappa shape index (κ3) is 8.03. The zero-order valence-corrected chi connectivity index (χ0v) is 19.2. The van der Waals surface area contributed by atoms with Crippen LogP contribution in [0.5, 0.6) is 11.5 Å². The van der Waals surface area contributed by atoms with E-state index in [1.54, 1.807) is 50.4 Å². The summed E-state index contributed by atoms with van der Waals surface area (Å²) in [5.41, 5.74) is 0.997. The van der Waals surface area contributed by atoms with E-state index < -0.39 is 17.9 Å². The second kappa shape index (κ2) is 12.3. The van der Waals surface area contributed by atoms with Crippen LogP contribution in [0.15, 0.2) is 42.7 Å². The average Bonchev–Trinajstić information content (AvgIpc) is 2.80. The second-order valence-corrected chi connectivity index (χ2v) is 7.78. The number of methoxy groups -OCH3 is 1. The molecule has 33 heavy (non-hydrogen) atoms. The standard InChI is InChI=1S/C24H29N3O6/c1-15(2)23(24(31)26-12-19(29)14-33-20-6-5-9-25-13-20)27-22(30)11-18-10-17(16(3)28)7-8-21(18)32-4/h5-10,13,15,23H,11-12,14H2,1-4H3,(H,26,31)(H,27,30)/t23-/m0/s1. The number of nitrogens with one attached hydrogen (secondary N) is 2. The topological polar surface area (TPSA) is 124 Å². The highest BCUT2D eigenvalue weighted by Gasteiger charge is 2.25. The Bertz CT molecular complexity index is 991. The summed E-state index contributed by atoms with van der Waals surface area (Å²) >= 11 is 0. The maximum atomic E-state index is 12.7. The third-order valence-corrected chi connectivity index (χ3v) is 4.80. The van der Waals surface area contributed by atoms with E-state index in [1.165, 1.54) is 20.2 Å². The van der Waals surface area contributed by atoms with Gasteiger partial charge in [0, 0.05) is 17.3 Å². The Hall–Kier alpha value is -3.75. The summed E-state index contributed by atoms with van der Waals surface area (Å²) in [5, 5.41) is 5.25. The van der Waals surface area contributed by atoms with Crippen LogP contribution in [0.2, 0.25) is 0 Å². The summed E-state index contributed by atoms with van der Waals surface area (Å²) in [6.07, 6.45) is 3.00. The number of carbonyl (C=O) groups is 4. The molecular weight excluding hydrogens is 426 g/mol. The zero-order chi connectivity index (χ0) is 24.4. The van der Waals surface area contributed by atoms with Crippen LogP contribution in [0.4, 0.5) is 0 Å². The summed E-state index contributed by atoms with van der Waals surface area (Å²) < 4.78 is 10.6. The molecule has 1 aromatic heterocycles. The van der Waals surface area contributed by atoms with Gasteiger partial charge in [0.05, 0.1) is 26.3 Å². The molecule has 9 heteroatoms. The lowest BCUT2D eigenvalue weighted by atomic mass is 10.0. The van der Waals surface area contributed by atoms with Gasteiger partial charge >= 0.3 is 0 Å². The minimum absolute atomic E-state index is 0.0708. The van der Waals surface area contributed by atoms with Gasteiger partial charge in [0.2, 0.25) is 11.8 Å². The molecule has 0 spiro atoms. The van der Waals surface area contributed by atoms with Crippen LogP contribution in [-0.4, -0.2) is 54.7 Å². The number of pyridine rings is 1. The number of Topliss-reactive ketones (excluding diaryl/α,β-unsaturated/α-hetero) is 2. The van der Waals surface area contributed by atoms with Crippen molar-refractivity contribution in [2.45, 2.75) is 33.2 Å². The van der Waals surface area contributed by atoms with Gasteiger partial charge in [-0.3, -0.25) is 24.2 Å². The molecule has 0 aliphatic rings. The number of aromatic nitrogens is 1. The van der Waals surface area contributed by atoms with Gasteiger partial charge in [-0.25, -0.2) is 0 Å². The minimum Gasteiger partial charge on any atom is -0.496 e. The van der Waals surface area contributed by atoms with E-state index in [4.69, 9.17) is 9.47 Å². The van der Waals surface area contributed by atoms with Crippen molar-refractivity contribution in [3.63, 3.8) is 0 Å². The van der Waals surface area contributed by atoms with Gasteiger partial charge in [-0.1, -0.05) is 13.8 Å². The van der Waals surface area contributed by atoms with Crippen LogP contribution in [0.3, 0.4) is 0 Å². The molecule has 9 nitrogen and oxygen atoms in total. The molecule has 0 fully saturated rings. The number of nitrogens with zero attached hydrogens (tertiary/aromatic N) is 1. The lowest BCUT2D eigenvalue weighted by Crippen LogP contribution is -2.51. The van der Waals surface area contributed by atoms with Crippen molar-refractivity contribution < 1.29 is 28.7 Å². The molecule has 1 heterocycles. The van der Waals surface area contributed by atoms with Crippen molar-refractivity contribution >= 4 is 23.4 Å². The summed E-state index contributed by atoms with van der Waals surface area (Å²) in [7, 11) is 1.48. The first-order valence-corrected chi connectivity index (χ1v) is 10.5. The smallest absolute Gasteiger partial charge is 0.243 e. The van der Waals surface area contributed by atoms with Crippen LogP contribution in [0.1, 0.15) is 36.7 Å². The Morgan fingerprint density at radius 2 is 1.88 bits per heavy atom. The Morgan fingerprint density at radius 1 is 1.12 bits per heavy atom. The normalized spacial score (nSPS) is 11.4. The molecule has 1 atom stereocenters. The highest BCUT2D eigenvalue weighted by atomic mass is 16.5. The number of amides is 2. The number of ketones is 2. The maximum absolute atomic E-state index is 12.7. The van der Waals surface area contributed by atoms with Gasteiger partial charge < -0.3 is 20.1 Å². The second-order valence-electron chi connectivity index (χ2n) is 7.78. The van der Waals surface area contributed by atoms with E-state index in [9.17, 15) is 19.2 Å². The van der Waals surface area contributed by atoms with E-state index in [0.29, 0.717) is 22.6 Å². The Balaban J connectivity index is 1.93. The summed E-state index contributed by atoms with van der Waals surface area (Å²) in [4.78, 5) is 52.9. The number of ether oxygens (including phenoxy) is 2. The number of hydrogen-bond acceptors (Lipinski definition) is 7. The van der Waals surface area contributed by atoms with Crippen molar-refractivity contribution in [3.05, 3.63) is 53.9 Å². The van der Waals surface area contributed by atoms with Crippen LogP contribution < -0.4 is 20.1 Å². The molecule has 2 aromatic rings. The number of carbonyl (C=O) groups excluding carboxylic acids is 4.